The molecule has 0 bridgehead atoms. The van der Waals surface area contributed by atoms with Crippen molar-refractivity contribution in [1.29, 1.82) is 0 Å². The lowest BCUT2D eigenvalue weighted by Crippen LogP contribution is -2.15. The molecule has 0 spiro atoms. The molecule has 0 aliphatic carbocycles. The van der Waals surface area contributed by atoms with E-state index in [-0.39, 0.29) is 28.1 Å². The molecule has 0 heterocycles. The molecule has 0 radical (unpaired) electrons. The van der Waals surface area contributed by atoms with Gasteiger partial charge in [-0.3, -0.25) is 10.1 Å². The van der Waals surface area contributed by atoms with Gasteiger partial charge in [0.1, 0.15) is 23.8 Å². The molecule has 1 unspecified atom stereocenters. The Hall–Kier alpha value is -3.76. The maximum atomic E-state index is 14.4. The molecule has 0 saturated carbocycles. The van der Waals surface area contributed by atoms with Crippen molar-refractivity contribution in [2.45, 2.75) is 6.10 Å². The number of alkyl halides is 1. The molecule has 0 aliphatic rings. The van der Waals surface area contributed by atoms with Crippen molar-refractivity contribution in [1.82, 2.24) is 0 Å². The molecule has 11 heteroatoms. The van der Waals surface area contributed by atoms with E-state index in [2.05, 4.69) is 9.47 Å². The summed E-state index contributed by atoms with van der Waals surface area (Å²) < 4.78 is 42.2. The summed E-state index contributed by atoms with van der Waals surface area (Å²) >= 11 is 0. The number of hydrogen-bond acceptors (Lipinski definition) is 8. The van der Waals surface area contributed by atoms with Gasteiger partial charge in [0.25, 0.3) is 5.69 Å². The molecule has 0 amide bonds. The lowest BCUT2D eigenvalue weighted by molar-refractivity contribution is -0.385. The first kappa shape index (κ1) is 21.5. The number of methoxy groups -OCH3 is 2. The molecule has 29 heavy (non-hydrogen) atoms. The van der Waals surface area contributed by atoms with Crippen LogP contribution in [0.15, 0.2) is 30.3 Å². The highest BCUT2D eigenvalue weighted by Gasteiger charge is 2.25. The minimum absolute atomic E-state index is 0.165. The van der Waals surface area contributed by atoms with Gasteiger partial charge in [-0.15, -0.1) is 0 Å². The van der Waals surface area contributed by atoms with Crippen LogP contribution in [0.25, 0.3) is 0 Å². The SMILES string of the molecule is COC(=O)c1cc(F)c(C(CF)Oc2ccc(C(=O)OC)c([N+](=O)[O-])c2)cc1N. The van der Waals surface area contributed by atoms with E-state index in [0.29, 0.717) is 0 Å². The fraction of sp³-hybridized carbons (Fsp3) is 0.222. The summed E-state index contributed by atoms with van der Waals surface area (Å²) in [5, 5.41) is 11.2. The smallest absolute Gasteiger partial charge is 0.344 e. The highest BCUT2D eigenvalue weighted by molar-refractivity contribution is 5.95. The third-order valence-electron chi connectivity index (χ3n) is 3.91. The molecular formula is C18H16F2N2O7. The predicted molar refractivity (Wildman–Crippen MR) is 95.9 cm³/mol. The molecule has 154 valence electrons. The molecule has 2 aromatic rings. The van der Waals surface area contributed by atoms with Crippen LogP contribution in [0.4, 0.5) is 20.2 Å². The zero-order valence-electron chi connectivity index (χ0n) is 15.3. The van der Waals surface area contributed by atoms with Crippen molar-refractivity contribution in [2.75, 3.05) is 26.6 Å². The van der Waals surface area contributed by atoms with Crippen molar-refractivity contribution in [3.63, 3.8) is 0 Å². The first-order valence-corrected chi connectivity index (χ1v) is 8.00. The van der Waals surface area contributed by atoms with Crippen LogP contribution in [-0.4, -0.2) is 37.8 Å². The second-order valence-corrected chi connectivity index (χ2v) is 5.64. The fourth-order valence-electron chi connectivity index (χ4n) is 2.50. The third kappa shape index (κ3) is 4.57. The van der Waals surface area contributed by atoms with Crippen LogP contribution in [0.3, 0.4) is 0 Å². The van der Waals surface area contributed by atoms with Gasteiger partial charge >= 0.3 is 11.9 Å². The Bertz CT molecular complexity index is 965. The summed E-state index contributed by atoms with van der Waals surface area (Å²) in [5.41, 5.74) is 4.02. The summed E-state index contributed by atoms with van der Waals surface area (Å²) in [5.74, 6) is -2.99. The van der Waals surface area contributed by atoms with E-state index in [0.717, 1.165) is 38.5 Å². The van der Waals surface area contributed by atoms with Gasteiger partial charge in [0.05, 0.1) is 30.8 Å². The number of nitrogens with zero attached hydrogens (tertiary/aromatic N) is 1. The number of nitro benzene ring substituents is 1. The van der Waals surface area contributed by atoms with E-state index in [9.17, 15) is 28.5 Å². The van der Waals surface area contributed by atoms with Gasteiger partial charge in [0.15, 0.2) is 6.10 Å². The Labute approximate surface area is 163 Å². The van der Waals surface area contributed by atoms with Crippen LogP contribution in [0.2, 0.25) is 0 Å². The summed E-state index contributed by atoms with van der Waals surface area (Å²) in [4.78, 5) is 33.5. The highest BCUT2D eigenvalue weighted by Crippen LogP contribution is 2.31. The van der Waals surface area contributed by atoms with E-state index >= 15 is 0 Å². The number of rotatable bonds is 7. The van der Waals surface area contributed by atoms with E-state index in [1.807, 2.05) is 0 Å². The van der Waals surface area contributed by atoms with Gasteiger partial charge < -0.3 is 19.9 Å². The standard InChI is InChI=1S/C18H16F2N2O7/c1-27-17(23)10-4-3-9(5-15(10)22(25)26)29-16(8-19)11-7-14(21)12(6-13(11)20)18(24)28-2/h3-7,16H,8,21H2,1-2H3. The summed E-state index contributed by atoms with van der Waals surface area (Å²) in [6.07, 6.45) is -1.52. The van der Waals surface area contributed by atoms with E-state index in [1.54, 1.807) is 0 Å². The van der Waals surface area contributed by atoms with Crippen LogP contribution in [0, 0.1) is 15.9 Å². The zero-order valence-corrected chi connectivity index (χ0v) is 15.3. The molecule has 0 fully saturated rings. The number of hydrogen-bond donors (Lipinski definition) is 1. The first-order chi connectivity index (χ1) is 13.7. The normalized spacial score (nSPS) is 11.4. The average Bonchev–Trinajstić information content (AvgIpc) is 2.72. The Morgan fingerprint density at radius 1 is 1.14 bits per heavy atom. The minimum atomic E-state index is -1.52. The molecule has 0 aromatic heterocycles. The van der Waals surface area contributed by atoms with Crippen molar-refractivity contribution >= 4 is 23.3 Å². The number of nitro groups is 1. The second kappa shape index (κ2) is 8.95. The number of benzene rings is 2. The quantitative estimate of drug-likeness (QED) is 0.319. The molecule has 2 N–H and O–H groups in total. The van der Waals surface area contributed by atoms with Crippen LogP contribution in [0.5, 0.6) is 5.75 Å². The highest BCUT2D eigenvalue weighted by atomic mass is 19.1. The number of carbonyl (C=O) groups is 2. The number of ether oxygens (including phenoxy) is 3. The fourth-order valence-corrected chi connectivity index (χ4v) is 2.50. The molecule has 0 aliphatic heterocycles. The van der Waals surface area contributed by atoms with Gasteiger partial charge in [0, 0.05) is 11.3 Å². The Kier molecular flexibility index (Phi) is 6.65. The maximum absolute atomic E-state index is 14.4. The van der Waals surface area contributed by atoms with Crippen molar-refractivity contribution in [2.24, 2.45) is 0 Å². The van der Waals surface area contributed by atoms with E-state index in [1.165, 1.54) is 6.07 Å². The maximum Gasteiger partial charge on any atom is 0.344 e. The predicted octanol–water partition coefficient (Wildman–Crippen LogP) is 2.98. The number of nitrogens with two attached hydrogens (primary N) is 1. The van der Waals surface area contributed by atoms with Gasteiger partial charge in [0.2, 0.25) is 0 Å². The van der Waals surface area contributed by atoms with Crippen LogP contribution in [0.1, 0.15) is 32.4 Å². The number of halogens is 2. The molecule has 9 nitrogen and oxygen atoms in total. The molecular weight excluding hydrogens is 394 g/mol. The number of esters is 2. The first-order valence-electron chi connectivity index (χ1n) is 8.00. The summed E-state index contributed by atoms with van der Waals surface area (Å²) in [6.45, 7) is -1.21. The van der Waals surface area contributed by atoms with Gasteiger partial charge in [-0.05, 0) is 24.3 Å². The van der Waals surface area contributed by atoms with E-state index in [4.69, 9.17) is 10.5 Å². The molecule has 2 rings (SSSR count). The van der Waals surface area contributed by atoms with Gasteiger partial charge in [-0.25, -0.2) is 18.4 Å². The average molecular weight is 410 g/mol. The van der Waals surface area contributed by atoms with Crippen molar-refractivity contribution < 1.29 is 37.5 Å². The Morgan fingerprint density at radius 2 is 1.76 bits per heavy atom. The monoisotopic (exact) mass is 410 g/mol. The minimum Gasteiger partial charge on any atom is -0.483 e. The molecule has 0 saturated heterocycles. The lowest BCUT2D eigenvalue weighted by Gasteiger charge is -2.18. The summed E-state index contributed by atoms with van der Waals surface area (Å²) in [6, 6.07) is 4.93. The van der Waals surface area contributed by atoms with Gasteiger partial charge in [-0.2, -0.15) is 0 Å². The summed E-state index contributed by atoms with van der Waals surface area (Å²) in [7, 11) is 2.15. The van der Waals surface area contributed by atoms with E-state index < -0.39 is 41.1 Å². The number of carbonyl (C=O) groups excluding carboxylic acids is 2. The van der Waals surface area contributed by atoms with Crippen LogP contribution < -0.4 is 10.5 Å². The second-order valence-electron chi connectivity index (χ2n) is 5.64. The van der Waals surface area contributed by atoms with Crippen LogP contribution in [-0.2, 0) is 9.47 Å². The van der Waals surface area contributed by atoms with Crippen LogP contribution >= 0.6 is 0 Å². The number of nitrogen functional groups attached to an aromatic ring is 1. The van der Waals surface area contributed by atoms with Crippen molar-refractivity contribution in [3.05, 3.63) is 63.0 Å². The Balaban J connectivity index is 2.41. The molecule has 2 aromatic carbocycles. The lowest BCUT2D eigenvalue weighted by atomic mass is 10.0. The Morgan fingerprint density at radius 3 is 2.31 bits per heavy atom. The number of anilines is 1. The van der Waals surface area contributed by atoms with Gasteiger partial charge in [-0.1, -0.05) is 0 Å². The topological polar surface area (TPSA) is 131 Å². The van der Waals surface area contributed by atoms with Crippen molar-refractivity contribution in [3.8, 4) is 5.75 Å². The zero-order chi connectivity index (χ0) is 21.7. The largest absolute Gasteiger partial charge is 0.483 e. The third-order valence-corrected chi connectivity index (χ3v) is 3.91. The molecule has 1 atom stereocenters.